The van der Waals surface area contributed by atoms with Crippen molar-refractivity contribution < 1.29 is 0 Å². The predicted octanol–water partition coefficient (Wildman–Crippen LogP) is 4.58. The van der Waals surface area contributed by atoms with Gasteiger partial charge in [0.15, 0.2) is 0 Å². The second kappa shape index (κ2) is 6.25. The first kappa shape index (κ1) is 14.7. The van der Waals surface area contributed by atoms with Gasteiger partial charge < -0.3 is 5.73 Å². The lowest BCUT2D eigenvalue weighted by atomic mass is 10.0. The van der Waals surface area contributed by atoms with Gasteiger partial charge in [-0.2, -0.15) is 0 Å². The molecule has 1 unspecified atom stereocenters. The Labute approximate surface area is 132 Å². The van der Waals surface area contributed by atoms with E-state index in [1.165, 1.54) is 46.4 Å². The molecule has 0 fully saturated rings. The van der Waals surface area contributed by atoms with Crippen LogP contribution in [-0.2, 0) is 12.8 Å². The zero-order valence-corrected chi connectivity index (χ0v) is 13.7. The van der Waals surface area contributed by atoms with Gasteiger partial charge in [0.05, 0.1) is 0 Å². The highest BCUT2D eigenvalue weighted by Gasteiger charge is 2.13. The maximum atomic E-state index is 6.40. The highest BCUT2D eigenvalue weighted by atomic mass is 32.2. The number of aryl methyl sites for hydroxylation is 4. The first-order valence-electron chi connectivity index (χ1n) is 7.71. The van der Waals surface area contributed by atoms with E-state index in [9.17, 15) is 0 Å². The van der Waals surface area contributed by atoms with E-state index in [1.807, 2.05) is 11.8 Å². The second-order valence-electron chi connectivity index (χ2n) is 6.06. The molecule has 0 saturated carbocycles. The molecule has 2 heteroatoms. The summed E-state index contributed by atoms with van der Waals surface area (Å²) in [6.45, 7) is 4.28. The molecule has 0 aromatic heterocycles. The van der Waals surface area contributed by atoms with Crippen LogP contribution in [0, 0.1) is 13.8 Å². The van der Waals surface area contributed by atoms with Gasteiger partial charge in [-0.3, -0.25) is 0 Å². The van der Waals surface area contributed by atoms with Crippen LogP contribution < -0.4 is 5.73 Å². The van der Waals surface area contributed by atoms with Gasteiger partial charge in [-0.05, 0) is 67.5 Å². The Morgan fingerprint density at radius 1 is 1.05 bits per heavy atom. The third-order valence-electron chi connectivity index (χ3n) is 4.33. The molecule has 21 heavy (non-hydrogen) atoms. The Morgan fingerprint density at radius 3 is 2.71 bits per heavy atom. The van der Waals surface area contributed by atoms with Gasteiger partial charge in [-0.15, -0.1) is 11.8 Å². The SMILES string of the molecule is Cc1ccc(C)c(C(N)CSc2ccc3c(c2)CCC3)c1. The Hall–Kier alpha value is -1.25. The monoisotopic (exact) mass is 297 g/mol. The van der Waals surface area contributed by atoms with E-state index >= 15 is 0 Å². The van der Waals surface area contributed by atoms with E-state index in [0.717, 1.165) is 5.75 Å². The van der Waals surface area contributed by atoms with Crippen LogP contribution in [0.3, 0.4) is 0 Å². The van der Waals surface area contributed by atoms with E-state index in [4.69, 9.17) is 5.73 Å². The number of hydrogen-bond acceptors (Lipinski definition) is 2. The molecule has 0 saturated heterocycles. The van der Waals surface area contributed by atoms with Crippen LogP contribution in [0.2, 0.25) is 0 Å². The molecule has 1 atom stereocenters. The molecule has 0 spiro atoms. The molecule has 2 aromatic carbocycles. The van der Waals surface area contributed by atoms with E-state index in [1.54, 1.807) is 5.56 Å². The summed E-state index contributed by atoms with van der Waals surface area (Å²) >= 11 is 1.88. The molecule has 0 radical (unpaired) electrons. The van der Waals surface area contributed by atoms with Crippen LogP contribution in [0.25, 0.3) is 0 Å². The van der Waals surface area contributed by atoms with E-state index in [0.29, 0.717) is 0 Å². The molecule has 1 aliphatic carbocycles. The quantitative estimate of drug-likeness (QED) is 0.836. The predicted molar refractivity (Wildman–Crippen MR) is 92.0 cm³/mol. The number of hydrogen-bond donors (Lipinski definition) is 1. The minimum absolute atomic E-state index is 0.100. The van der Waals surface area contributed by atoms with Crippen molar-refractivity contribution in [2.75, 3.05) is 5.75 Å². The molecular weight excluding hydrogens is 274 g/mol. The second-order valence-corrected chi connectivity index (χ2v) is 7.16. The van der Waals surface area contributed by atoms with Crippen molar-refractivity contribution in [1.29, 1.82) is 0 Å². The average Bonchev–Trinajstić information content (AvgIpc) is 2.94. The first-order valence-corrected chi connectivity index (χ1v) is 8.69. The van der Waals surface area contributed by atoms with Gasteiger partial charge in [0.25, 0.3) is 0 Å². The summed E-state index contributed by atoms with van der Waals surface area (Å²) in [6, 6.07) is 13.6. The van der Waals surface area contributed by atoms with Crippen molar-refractivity contribution in [1.82, 2.24) is 0 Å². The lowest BCUT2D eigenvalue weighted by Crippen LogP contribution is -2.14. The molecule has 2 N–H and O–H groups in total. The van der Waals surface area contributed by atoms with Gasteiger partial charge in [0.1, 0.15) is 0 Å². The van der Waals surface area contributed by atoms with E-state index in [2.05, 4.69) is 50.2 Å². The summed E-state index contributed by atoms with van der Waals surface area (Å²) in [4.78, 5) is 1.36. The normalized spacial score (nSPS) is 15.0. The number of thioether (sulfide) groups is 1. The zero-order chi connectivity index (χ0) is 14.8. The molecule has 2 aromatic rings. The van der Waals surface area contributed by atoms with Gasteiger partial charge in [0.2, 0.25) is 0 Å². The fraction of sp³-hybridized carbons (Fsp3) is 0.368. The number of nitrogens with two attached hydrogens (primary N) is 1. The van der Waals surface area contributed by atoms with Crippen molar-refractivity contribution in [3.05, 3.63) is 64.2 Å². The number of benzene rings is 2. The maximum absolute atomic E-state index is 6.40. The summed E-state index contributed by atoms with van der Waals surface area (Å²) in [5.74, 6) is 0.934. The van der Waals surface area contributed by atoms with Crippen LogP contribution in [-0.4, -0.2) is 5.75 Å². The zero-order valence-electron chi connectivity index (χ0n) is 12.9. The fourth-order valence-electron chi connectivity index (χ4n) is 3.07. The highest BCUT2D eigenvalue weighted by molar-refractivity contribution is 7.99. The maximum Gasteiger partial charge on any atom is 0.0393 e. The summed E-state index contributed by atoms with van der Waals surface area (Å²) in [6.07, 6.45) is 3.81. The minimum atomic E-state index is 0.100. The third-order valence-corrected chi connectivity index (χ3v) is 5.45. The molecule has 0 aliphatic heterocycles. The van der Waals surface area contributed by atoms with Gasteiger partial charge in [-0.1, -0.05) is 29.8 Å². The minimum Gasteiger partial charge on any atom is -0.323 e. The smallest absolute Gasteiger partial charge is 0.0393 e. The summed E-state index contributed by atoms with van der Waals surface area (Å²) in [7, 11) is 0. The number of rotatable bonds is 4. The highest BCUT2D eigenvalue weighted by Crippen LogP contribution is 2.30. The molecule has 1 nitrogen and oxygen atoms in total. The molecular formula is C19H23NS. The van der Waals surface area contributed by atoms with Crippen LogP contribution in [0.1, 0.15) is 40.3 Å². The van der Waals surface area contributed by atoms with E-state index < -0.39 is 0 Å². The fourth-order valence-corrected chi connectivity index (χ4v) is 4.01. The molecule has 1 aliphatic rings. The Morgan fingerprint density at radius 2 is 1.86 bits per heavy atom. The summed E-state index contributed by atoms with van der Waals surface area (Å²) in [5, 5.41) is 0. The molecule has 3 rings (SSSR count). The topological polar surface area (TPSA) is 26.0 Å². The van der Waals surface area contributed by atoms with Gasteiger partial charge >= 0.3 is 0 Å². The van der Waals surface area contributed by atoms with Crippen molar-refractivity contribution in [3.8, 4) is 0 Å². The lowest BCUT2D eigenvalue weighted by Gasteiger charge is -2.15. The Bertz CT molecular complexity index is 648. The van der Waals surface area contributed by atoms with Crippen molar-refractivity contribution >= 4 is 11.8 Å². The standard InChI is InChI=1S/C19H23NS/c1-13-6-7-14(2)18(10-13)19(20)12-21-17-9-8-15-4-3-5-16(15)11-17/h6-11,19H,3-5,12,20H2,1-2H3. The van der Waals surface area contributed by atoms with Crippen molar-refractivity contribution in [2.45, 2.75) is 44.0 Å². The molecule has 0 heterocycles. The van der Waals surface area contributed by atoms with E-state index in [-0.39, 0.29) is 6.04 Å². The molecule has 0 bridgehead atoms. The lowest BCUT2D eigenvalue weighted by molar-refractivity contribution is 0.821. The first-order chi connectivity index (χ1) is 10.1. The van der Waals surface area contributed by atoms with Crippen LogP contribution in [0.5, 0.6) is 0 Å². The summed E-state index contributed by atoms with van der Waals surface area (Å²) < 4.78 is 0. The van der Waals surface area contributed by atoms with Crippen molar-refractivity contribution in [2.24, 2.45) is 5.73 Å². The summed E-state index contributed by atoms with van der Waals surface area (Å²) in [5.41, 5.74) is 13.3. The van der Waals surface area contributed by atoms with Crippen LogP contribution >= 0.6 is 11.8 Å². The van der Waals surface area contributed by atoms with Gasteiger partial charge in [0, 0.05) is 16.7 Å². The number of fused-ring (bicyclic) bond motifs is 1. The van der Waals surface area contributed by atoms with Crippen LogP contribution in [0.15, 0.2) is 41.3 Å². The van der Waals surface area contributed by atoms with Crippen molar-refractivity contribution in [3.63, 3.8) is 0 Å². The van der Waals surface area contributed by atoms with Crippen LogP contribution in [0.4, 0.5) is 0 Å². The largest absolute Gasteiger partial charge is 0.323 e. The molecule has 0 amide bonds. The van der Waals surface area contributed by atoms with Gasteiger partial charge in [-0.25, -0.2) is 0 Å². The third kappa shape index (κ3) is 3.33. The average molecular weight is 297 g/mol. The molecule has 110 valence electrons. The Balaban J connectivity index is 1.68. The Kier molecular flexibility index (Phi) is 4.37.